The van der Waals surface area contributed by atoms with Crippen LogP contribution in [-0.4, -0.2) is 27.1 Å². The lowest BCUT2D eigenvalue weighted by atomic mass is 10.3. The van der Waals surface area contributed by atoms with Gasteiger partial charge in [0.1, 0.15) is 0 Å². The summed E-state index contributed by atoms with van der Waals surface area (Å²) in [6.45, 7) is 0.587. The molecule has 3 rings (SSSR count). The maximum Gasteiger partial charge on any atom is 0.772 e. The lowest BCUT2D eigenvalue weighted by Gasteiger charge is -1.95. The van der Waals surface area contributed by atoms with Crippen LogP contribution in [0.3, 0.4) is 0 Å². The molecule has 7 nitrogen and oxygen atoms in total. The molecule has 16 heavy (non-hydrogen) atoms. The van der Waals surface area contributed by atoms with Crippen LogP contribution in [0.15, 0.2) is 30.7 Å². The normalized spacial score (nSPS) is 12.1. The van der Waals surface area contributed by atoms with E-state index < -0.39 is 7.32 Å². The molecule has 1 aliphatic heterocycles. The smallest absolute Gasteiger partial charge is 0.387 e. The molecule has 0 saturated heterocycles. The molecule has 3 heterocycles. The lowest BCUT2D eigenvalue weighted by Crippen LogP contribution is -2.57. The van der Waals surface area contributed by atoms with E-state index >= 15 is 0 Å². The van der Waals surface area contributed by atoms with Gasteiger partial charge in [-0.2, -0.15) is 9.78 Å². The van der Waals surface area contributed by atoms with Gasteiger partial charge in [0.25, 0.3) is 0 Å². The zero-order valence-electron chi connectivity index (χ0n) is 8.26. The van der Waals surface area contributed by atoms with Gasteiger partial charge in [-0.05, 0) is 6.07 Å². The predicted octanol–water partition coefficient (Wildman–Crippen LogP) is -2.66. The molecule has 0 saturated carbocycles. The molecule has 0 aromatic carbocycles. The highest BCUT2D eigenvalue weighted by Crippen LogP contribution is 2.14. The molecule has 2 N–H and O–H groups in total. The average molecular weight is 220 g/mol. The van der Waals surface area contributed by atoms with Gasteiger partial charge in [0.15, 0.2) is 6.20 Å². The highest BCUT2D eigenvalue weighted by Gasteiger charge is 2.39. The first kappa shape index (κ1) is 9.31. The van der Waals surface area contributed by atoms with Gasteiger partial charge in [-0.25, -0.2) is 0 Å². The van der Waals surface area contributed by atoms with Gasteiger partial charge in [-0.3, -0.25) is 4.76 Å². The third-order valence-electron chi connectivity index (χ3n) is 2.41. The SMILES string of the molecule is OB(O)O[n+]1ccc[n+]2c1-c1ccnn1C2. The third-order valence-corrected chi connectivity index (χ3v) is 2.41. The van der Waals surface area contributed by atoms with Crippen LogP contribution in [0.5, 0.6) is 0 Å². The largest absolute Gasteiger partial charge is 0.772 e. The molecule has 0 bridgehead atoms. The number of rotatable bonds is 2. The zero-order valence-corrected chi connectivity index (χ0v) is 8.26. The van der Waals surface area contributed by atoms with E-state index in [1.807, 2.05) is 16.8 Å². The highest BCUT2D eigenvalue weighted by atomic mass is 16.7. The summed E-state index contributed by atoms with van der Waals surface area (Å²) in [6.07, 6.45) is 5.16. The van der Waals surface area contributed by atoms with Gasteiger partial charge >= 0.3 is 13.1 Å². The van der Waals surface area contributed by atoms with Gasteiger partial charge in [0, 0.05) is 0 Å². The second-order valence-corrected chi connectivity index (χ2v) is 3.40. The third kappa shape index (κ3) is 1.28. The molecule has 2 aromatic heterocycles. The molecule has 0 aliphatic carbocycles. The van der Waals surface area contributed by atoms with Gasteiger partial charge in [0.2, 0.25) is 18.6 Å². The zero-order chi connectivity index (χ0) is 11.1. The van der Waals surface area contributed by atoms with Crippen molar-refractivity contribution < 1.29 is 24.1 Å². The molecule has 0 fully saturated rings. The van der Waals surface area contributed by atoms with Crippen molar-refractivity contribution in [2.45, 2.75) is 6.67 Å². The van der Waals surface area contributed by atoms with Crippen LogP contribution in [0, 0.1) is 0 Å². The van der Waals surface area contributed by atoms with Gasteiger partial charge in [-0.1, -0.05) is 0 Å². The minimum Gasteiger partial charge on any atom is -0.387 e. The summed E-state index contributed by atoms with van der Waals surface area (Å²) in [5.74, 6) is 0.716. The van der Waals surface area contributed by atoms with E-state index in [0.29, 0.717) is 12.5 Å². The maximum atomic E-state index is 8.82. The van der Waals surface area contributed by atoms with Gasteiger partial charge in [-0.15, -0.1) is 4.57 Å². The van der Waals surface area contributed by atoms with Crippen LogP contribution >= 0.6 is 0 Å². The number of hydrogen-bond donors (Lipinski definition) is 2. The van der Waals surface area contributed by atoms with E-state index in [9.17, 15) is 0 Å². The quantitative estimate of drug-likeness (QED) is 0.365. The Morgan fingerprint density at radius 2 is 2.31 bits per heavy atom. The maximum absolute atomic E-state index is 8.82. The van der Waals surface area contributed by atoms with E-state index in [0.717, 1.165) is 5.69 Å². The van der Waals surface area contributed by atoms with Gasteiger partial charge < -0.3 is 10.0 Å². The molecule has 2 aromatic rings. The van der Waals surface area contributed by atoms with E-state index in [1.165, 1.54) is 4.73 Å². The minimum absolute atomic E-state index is 0.587. The lowest BCUT2D eigenvalue weighted by molar-refractivity contribution is -0.909. The fourth-order valence-electron chi connectivity index (χ4n) is 1.83. The molecule has 8 heteroatoms. The summed E-state index contributed by atoms with van der Waals surface area (Å²) in [5.41, 5.74) is 0.862. The fraction of sp³-hybridized carbons (Fsp3) is 0.125. The minimum atomic E-state index is -1.85. The van der Waals surface area contributed by atoms with Crippen molar-refractivity contribution in [1.29, 1.82) is 0 Å². The molecule has 0 spiro atoms. The van der Waals surface area contributed by atoms with Crippen LogP contribution in [0.25, 0.3) is 11.5 Å². The average Bonchev–Trinajstić information content (AvgIpc) is 2.75. The van der Waals surface area contributed by atoms with E-state index in [-0.39, 0.29) is 0 Å². The topological polar surface area (TPSA) is 75.3 Å². The number of hydrogen-bond acceptors (Lipinski definition) is 4. The predicted molar refractivity (Wildman–Crippen MR) is 50.2 cm³/mol. The summed E-state index contributed by atoms with van der Waals surface area (Å²) < 4.78 is 9.84. The van der Waals surface area contributed by atoms with E-state index in [1.54, 1.807) is 23.1 Å². The Morgan fingerprint density at radius 3 is 3.12 bits per heavy atom. The Hall–Kier alpha value is -1.93. The van der Waals surface area contributed by atoms with Gasteiger partial charge in [0.05, 0.1) is 17.0 Å². The van der Waals surface area contributed by atoms with Crippen LogP contribution in [0.2, 0.25) is 0 Å². The van der Waals surface area contributed by atoms with Crippen LogP contribution < -0.4 is 14.1 Å². The molecule has 0 amide bonds. The monoisotopic (exact) mass is 220 g/mol. The van der Waals surface area contributed by atoms with Crippen LogP contribution in [0.4, 0.5) is 0 Å². The first-order valence-electron chi connectivity index (χ1n) is 4.75. The first-order chi connectivity index (χ1) is 7.75. The summed E-state index contributed by atoms with van der Waals surface area (Å²) in [7, 11) is -1.85. The Balaban J connectivity index is 2.14. The Labute approximate surface area is 90.9 Å². The first-order valence-corrected chi connectivity index (χ1v) is 4.75. The van der Waals surface area contributed by atoms with Crippen molar-refractivity contribution in [3.05, 3.63) is 30.7 Å². The second kappa shape index (κ2) is 3.29. The van der Waals surface area contributed by atoms with Crippen molar-refractivity contribution in [2.24, 2.45) is 0 Å². The summed E-state index contributed by atoms with van der Waals surface area (Å²) in [6, 6.07) is 3.58. The molecule has 0 unspecified atom stereocenters. The summed E-state index contributed by atoms with van der Waals surface area (Å²) in [5, 5.41) is 21.8. The van der Waals surface area contributed by atoms with Crippen LogP contribution in [0.1, 0.15) is 0 Å². The summed E-state index contributed by atoms with van der Waals surface area (Å²) in [4.78, 5) is 0. The number of nitrogens with zero attached hydrogens (tertiary/aromatic N) is 4. The van der Waals surface area contributed by atoms with Crippen molar-refractivity contribution in [1.82, 2.24) is 9.78 Å². The van der Waals surface area contributed by atoms with Crippen molar-refractivity contribution >= 4 is 7.32 Å². The standard InChI is InChI=1S/C8H9BN4O3/c14-9(15)16-13-5-1-4-11-6-12-7(8(11)13)2-3-10-12/h1-5,14-15H,6H2/q+2. The molecule has 0 radical (unpaired) electrons. The van der Waals surface area contributed by atoms with Crippen molar-refractivity contribution in [2.75, 3.05) is 0 Å². The molecular formula is C8H9BN4O3+2. The Bertz CT molecular complexity index is 542. The highest BCUT2D eigenvalue weighted by molar-refractivity contribution is 6.32. The number of aromatic nitrogens is 4. The van der Waals surface area contributed by atoms with E-state index in [4.69, 9.17) is 14.8 Å². The molecule has 80 valence electrons. The Morgan fingerprint density at radius 1 is 1.44 bits per heavy atom. The Kier molecular flexibility index (Phi) is 1.91. The van der Waals surface area contributed by atoms with Crippen LogP contribution in [-0.2, 0) is 6.67 Å². The second-order valence-electron chi connectivity index (χ2n) is 3.40. The van der Waals surface area contributed by atoms with Crippen molar-refractivity contribution in [3.63, 3.8) is 0 Å². The molecule has 1 aliphatic rings. The fourth-order valence-corrected chi connectivity index (χ4v) is 1.83. The van der Waals surface area contributed by atoms with Crippen molar-refractivity contribution in [3.8, 4) is 11.5 Å². The molecule has 0 atom stereocenters. The number of fused-ring (bicyclic) bond motifs is 3. The molecular weight excluding hydrogens is 211 g/mol. The summed E-state index contributed by atoms with van der Waals surface area (Å²) >= 11 is 0. The van der Waals surface area contributed by atoms with E-state index in [2.05, 4.69) is 5.10 Å².